The Morgan fingerprint density at radius 1 is 0.943 bits per heavy atom. The molecule has 35 heavy (non-hydrogen) atoms. The average Bonchev–Trinajstić information content (AvgIpc) is 2.74. The highest BCUT2D eigenvalue weighted by Gasteiger charge is 2.39. The number of nitrogens with zero attached hydrogens (tertiary/aromatic N) is 1. The van der Waals surface area contributed by atoms with Crippen molar-refractivity contribution in [2.24, 2.45) is 5.92 Å². The summed E-state index contributed by atoms with van der Waals surface area (Å²) in [6.45, 7) is 14.0. The first-order chi connectivity index (χ1) is 16.3. The maximum Gasteiger partial charge on any atom is 0.407 e. The topological polar surface area (TPSA) is 90.9 Å². The molecule has 1 N–H and O–H groups in total. The van der Waals surface area contributed by atoms with E-state index in [1.54, 1.807) is 0 Å². The summed E-state index contributed by atoms with van der Waals surface area (Å²) >= 11 is 0. The van der Waals surface area contributed by atoms with Gasteiger partial charge in [0.1, 0.15) is 17.8 Å². The highest BCUT2D eigenvalue weighted by atomic mass is 16.6. The predicted molar refractivity (Wildman–Crippen MR) is 133 cm³/mol. The molecule has 1 fully saturated rings. The van der Waals surface area contributed by atoms with E-state index in [0.29, 0.717) is 49.9 Å². The van der Waals surface area contributed by atoms with Crippen LogP contribution in [0.15, 0.2) is 30.3 Å². The third-order valence-corrected chi connectivity index (χ3v) is 5.82. The van der Waals surface area contributed by atoms with E-state index in [0.717, 1.165) is 5.56 Å². The Morgan fingerprint density at radius 3 is 2.11 bits per heavy atom. The van der Waals surface area contributed by atoms with E-state index in [9.17, 15) is 14.4 Å². The van der Waals surface area contributed by atoms with Gasteiger partial charge in [-0.3, -0.25) is 4.79 Å². The zero-order valence-electron chi connectivity index (χ0n) is 22.2. The van der Waals surface area contributed by atoms with Crippen LogP contribution in [0.1, 0.15) is 66.4 Å². The Balaban J connectivity index is 1.91. The van der Waals surface area contributed by atoms with Crippen LogP contribution in [0.3, 0.4) is 0 Å². The molecule has 0 unspecified atom stereocenters. The normalized spacial score (nSPS) is 20.6. The number of amides is 1. The van der Waals surface area contributed by atoms with Gasteiger partial charge in [-0.1, -0.05) is 30.3 Å². The standard InChI is InChI=1S/C27H42N2O6/c1-26(2,3)34-23(30)19-29(16-10-15-28-25(32)35-27(4,5)6)17-13-22(14-18-29)24(31)33-20-21-11-8-7-9-12-21/h7-9,11-12,22H,10,13-20H2,1-6H3/p+1. The van der Waals surface area contributed by atoms with E-state index in [2.05, 4.69) is 5.32 Å². The number of rotatable bonds is 9. The molecule has 0 saturated carbocycles. The minimum Gasteiger partial charge on any atom is -0.461 e. The first-order valence-electron chi connectivity index (χ1n) is 12.5. The maximum absolute atomic E-state index is 12.7. The Kier molecular flexibility index (Phi) is 10.1. The molecule has 1 heterocycles. The lowest BCUT2D eigenvalue weighted by Gasteiger charge is -2.43. The predicted octanol–water partition coefficient (Wildman–Crippen LogP) is 4.21. The van der Waals surface area contributed by atoms with Crippen LogP contribution in [0.4, 0.5) is 4.79 Å². The zero-order valence-corrected chi connectivity index (χ0v) is 22.2. The van der Waals surface area contributed by atoms with Crippen LogP contribution in [0.5, 0.6) is 0 Å². The number of carbonyl (C=O) groups excluding carboxylic acids is 3. The molecule has 1 saturated heterocycles. The van der Waals surface area contributed by atoms with Crippen molar-refractivity contribution in [3.8, 4) is 0 Å². The number of hydrogen-bond donors (Lipinski definition) is 1. The van der Waals surface area contributed by atoms with Crippen LogP contribution in [0.2, 0.25) is 0 Å². The quantitative estimate of drug-likeness (QED) is 0.241. The van der Waals surface area contributed by atoms with Gasteiger partial charge in [0, 0.05) is 25.8 Å². The van der Waals surface area contributed by atoms with Crippen LogP contribution < -0.4 is 5.32 Å². The molecule has 0 spiro atoms. The van der Waals surface area contributed by atoms with Crippen LogP contribution >= 0.6 is 0 Å². The van der Waals surface area contributed by atoms with Crippen molar-refractivity contribution >= 4 is 18.0 Å². The lowest BCUT2D eigenvalue weighted by molar-refractivity contribution is -0.926. The van der Waals surface area contributed by atoms with E-state index in [-0.39, 0.29) is 31.0 Å². The Labute approximate surface area is 209 Å². The number of hydrogen-bond acceptors (Lipinski definition) is 6. The van der Waals surface area contributed by atoms with E-state index in [4.69, 9.17) is 14.2 Å². The average molecular weight is 492 g/mol. The SMILES string of the molecule is CC(C)(C)OC(=O)C[N+]1(CCCNC(=O)OC(C)(C)C)CCC(C(=O)OCc2ccccc2)CC1. The fourth-order valence-electron chi connectivity index (χ4n) is 4.23. The Bertz CT molecular complexity index is 833. The molecule has 0 aromatic heterocycles. The fraction of sp³-hybridized carbons (Fsp3) is 0.667. The van der Waals surface area contributed by atoms with Gasteiger partial charge < -0.3 is 24.0 Å². The maximum atomic E-state index is 12.7. The number of carbonyl (C=O) groups is 3. The van der Waals surface area contributed by atoms with Gasteiger partial charge in [0.2, 0.25) is 0 Å². The van der Waals surface area contributed by atoms with Gasteiger partial charge >= 0.3 is 18.0 Å². The van der Waals surface area contributed by atoms with E-state index in [1.807, 2.05) is 71.9 Å². The molecule has 1 aliphatic heterocycles. The summed E-state index contributed by atoms with van der Waals surface area (Å²) < 4.78 is 17.0. The van der Waals surface area contributed by atoms with Crippen LogP contribution in [-0.2, 0) is 30.4 Å². The van der Waals surface area contributed by atoms with Crippen LogP contribution in [0, 0.1) is 5.92 Å². The molecule has 1 aromatic carbocycles. The van der Waals surface area contributed by atoms with Gasteiger partial charge in [0.15, 0.2) is 6.54 Å². The van der Waals surface area contributed by atoms with Gasteiger partial charge in [-0.05, 0) is 47.1 Å². The summed E-state index contributed by atoms with van der Waals surface area (Å²) in [5, 5.41) is 2.79. The summed E-state index contributed by atoms with van der Waals surface area (Å²) in [4.78, 5) is 37.3. The van der Waals surface area contributed by atoms with Crippen molar-refractivity contribution in [3.63, 3.8) is 0 Å². The monoisotopic (exact) mass is 491 g/mol. The number of alkyl carbamates (subject to hydrolysis) is 1. The van der Waals surface area contributed by atoms with Gasteiger partial charge in [-0.25, -0.2) is 9.59 Å². The molecule has 196 valence electrons. The number of ether oxygens (including phenoxy) is 3. The number of nitrogens with one attached hydrogen (secondary N) is 1. The van der Waals surface area contributed by atoms with Crippen molar-refractivity contribution in [2.75, 3.05) is 32.7 Å². The largest absolute Gasteiger partial charge is 0.461 e. The number of esters is 2. The Morgan fingerprint density at radius 2 is 1.54 bits per heavy atom. The molecular weight excluding hydrogens is 448 g/mol. The zero-order chi connectivity index (χ0) is 26.1. The Hall–Kier alpha value is -2.61. The number of benzene rings is 1. The second kappa shape index (κ2) is 12.4. The van der Waals surface area contributed by atoms with Crippen molar-refractivity contribution in [1.29, 1.82) is 0 Å². The lowest BCUT2D eigenvalue weighted by atomic mass is 9.94. The highest BCUT2D eigenvalue weighted by molar-refractivity contribution is 5.73. The van der Waals surface area contributed by atoms with Gasteiger partial charge in [0.25, 0.3) is 0 Å². The lowest BCUT2D eigenvalue weighted by Crippen LogP contribution is -2.57. The van der Waals surface area contributed by atoms with Crippen LogP contribution in [-0.4, -0.2) is 66.4 Å². The summed E-state index contributed by atoms with van der Waals surface area (Å²) in [5.41, 5.74) is -0.144. The van der Waals surface area contributed by atoms with Crippen molar-refractivity contribution in [2.45, 2.75) is 78.6 Å². The number of quaternary nitrogens is 1. The van der Waals surface area contributed by atoms with E-state index >= 15 is 0 Å². The number of piperidine rings is 1. The molecule has 0 atom stereocenters. The number of likely N-dealkylation sites (tertiary alicyclic amines) is 1. The fourth-order valence-corrected chi connectivity index (χ4v) is 4.23. The molecule has 0 aliphatic carbocycles. The summed E-state index contributed by atoms with van der Waals surface area (Å²) in [5.74, 6) is -0.610. The molecule has 0 radical (unpaired) electrons. The van der Waals surface area contributed by atoms with Crippen LogP contribution in [0.25, 0.3) is 0 Å². The second-order valence-electron chi connectivity index (χ2n) is 11.4. The minimum atomic E-state index is -0.557. The van der Waals surface area contributed by atoms with Crippen molar-refractivity contribution < 1.29 is 33.1 Å². The van der Waals surface area contributed by atoms with E-state index < -0.39 is 17.3 Å². The first kappa shape index (κ1) is 28.6. The second-order valence-corrected chi connectivity index (χ2v) is 11.4. The molecule has 8 nitrogen and oxygen atoms in total. The molecule has 1 aliphatic rings. The van der Waals surface area contributed by atoms with Crippen molar-refractivity contribution in [1.82, 2.24) is 5.32 Å². The van der Waals surface area contributed by atoms with Gasteiger partial charge in [0.05, 0.1) is 25.6 Å². The molecule has 8 heteroatoms. The first-order valence-corrected chi connectivity index (χ1v) is 12.5. The summed E-state index contributed by atoms with van der Waals surface area (Å²) in [6.07, 6.45) is 1.54. The smallest absolute Gasteiger partial charge is 0.407 e. The summed E-state index contributed by atoms with van der Waals surface area (Å²) in [6, 6.07) is 9.63. The third kappa shape index (κ3) is 11.1. The molecule has 0 bridgehead atoms. The highest BCUT2D eigenvalue weighted by Crippen LogP contribution is 2.26. The molecule has 1 aromatic rings. The molecular formula is C27H43N2O6+. The van der Waals surface area contributed by atoms with Gasteiger partial charge in [-0.2, -0.15) is 0 Å². The van der Waals surface area contributed by atoms with Crippen molar-refractivity contribution in [3.05, 3.63) is 35.9 Å². The molecule has 1 amide bonds. The van der Waals surface area contributed by atoms with E-state index in [1.165, 1.54) is 0 Å². The molecule has 2 rings (SSSR count). The minimum absolute atomic E-state index is 0.177. The van der Waals surface area contributed by atoms with Gasteiger partial charge in [-0.15, -0.1) is 0 Å². The summed E-state index contributed by atoms with van der Waals surface area (Å²) in [7, 11) is 0. The third-order valence-electron chi connectivity index (χ3n) is 5.82.